The van der Waals surface area contributed by atoms with Crippen LogP contribution in [0.2, 0.25) is 0 Å². The lowest BCUT2D eigenvalue weighted by atomic mass is 9.93. The van der Waals surface area contributed by atoms with Crippen LogP contribution in [0.3, 0.4) is 0 Å². The van der Waals surface area contributed by atoms with Crippen molar-refractivity contribution in [3.8, 4) is 5.75 Å². The predicted octanol–water partition coefficient (Wildman–Crippen LogP) is 4.67. The van der Waals surface area contributed by atoms with E-state index in [0.717, 1.165) is 16.7 Å². The van der Waals surface area contributed by atoms with Crippen LogP contribution in [0.5, 0.6) is 5.75 Å². The van der Waals surface area contributed by atoms with Gasteiger partial charge in [-0.2, -0.15) is 0 Å². The quantitative estimate of drug-likeness (QED) is 0.0305. The first-order valence-corrected chi connectivity index (χ1v) is 23.6. The molecule has 0 spiro atoms. The molecule has 3 aromatic rings. The van der Waals surface area contributed by atoms with Gasteiger partial charge in [-0.3, -0.25) is 33.6 Å². The minimum Gasteiger partial charge on any atom is -0.426 e. The Morgan fingerprint density at radius 2 is 1.25 bits per heavy atom. The number of benzene rings is 3. The van der Waals surface area contributed by atoms with E-state index < -0.39 is 53.5 Å². The number of amides is 4. The highest BCUT2D eigenvalue weighted by Crippen LogP contribution is 2.30. The lowest BCUT2D eigenvalue weighted by Gasteiger charge is -2.41. The molecule has 0 aromatic heterocycles. The van der Waals surface area contributed by atoms with Gasteiger partial charge in [0.2, 0.25) is 17.7 Å². The molecule has 1 unspecified atom stereocenters. The molecule has 0 aliphatic carbocycles. The summed E-state index contributed by atoms with van der Waals surface area (Å²) in [6.45, 7) is 15.3. The molecule has 5 atom stereocenters. The number of hydrogen-bond donors (Lipinski definition) is 4. The zero-order chi connectivity index (χ0) is 48.7. The Kier molecular flexibility index (Phi) is 18.9. The molecule has 15 nitrogen and oxygen atoms in total. The molecule has 2 saturated heterocycles. The summed E-state index contributed by atoms with van der Waals surface area (Å²) in [6, 6.07) is 19.8. The van der Waals surface area contributed by atoms with E-state index in [-0.39, 0.29) is 77.7 Å². The van der Waals surface area contributed by atoms with Crippen LogP contribution in [-0.4, -0.2) is 115 Å². The summed E-state index contributed by atoms with van der Waals surface area (Å²) in [5.74, 6) is -2.91. The fraction of sp³-hybridized carbons (Fsp3) is 0.519. The summed E-state index contributed by atoms with van der Waals surface area (Å²) in [6.07, 6.45) is 2.07. The second-order valence-electron chi connectivity index (χ2n) is 19.4. The fourth-order valence-corrected chi connectivity index (χ4v) is 8.27. The highest BCUT2D eigenvalue weighted by Gasteiger charge is 2.50. The van der Waals surface area contributed by atoms with Crippen LogP contribution in [0.25, 0.3) is 0 Å². The Balaban J connectivity index is 1.36. The number of hydrogen-bond acceptors (Lipinski definition) is 10. The first kappa shape index (κ1) is 52.2. The molecule has 67 heavy (non-hydrogen) atoms. The van der Waals surface area contributed by atoms with E-state index in [9.17, 15) is 33.6 Å². The van der Waals surface area contributed by atoms with Gasteiger partial charge in [-0.1, -0.05) is 102 Å². The van der Waals surface area contributed by atoms with E-state index in [1.165, 1.54) is 0 Å². The van der Waals surface area contributed by atoms with Gasteiger partial charge in [0.25, 0.3) is 5.91 Å². The maximum atomic E-state index is 14.5. The molecule has 2 fully saturated rings. The number of rotatable bonds is 25. The van der Waals surface area contributed by atoms with Crippen molar-refractivity contribution < 1.29 is 52.3 Å². The number of aryl methyl sites for hydroxylation is 1. The fourth-order valence-electron chi connectivity index (χ4n) is 8.27. The molecule has 0 saturated carbocycles. The van der Waals surface area contributed by atoms with Gasteiger partial charge in [-0.05, 0) is 73.8 Å². The van der Waals surface area contributed by atoms with Crippen LogP contribution in [-0.2, 0) is 57.6 Å². The number of carbonyl (C=O) groups excluding carboxylic acids is 7. The maximum Gasteiger partial charge on any atom is 0.313 e. The monoisotopic (exact) mass is 925 g/mol. The average Bonchev–Trinajstić information content (AvgIpc) is 4.05. The van der Waals surface area contributed by atoms with E-state index in [1.54, 1.807) is 39.0 Å². The van der Waals surface area contributed by atoms with Crippen LogP contribution in [0.1, 0.15) is 94.8 Å². The van der Waals surface area contributed by atoms with Gasteiger partial charge in [0.1, 0.15) is 49.1 Å². The van der Waals surface area contributed by atoms with Crippen molar-refractivity contribution >= 4 is 41.7 Å². The lowest BCUT2D eigenvalue weighted by molar-refractivity contribution is -0.940. The number of esters is 1. The highest BCUT2D eigenvalue weighted by molar-refractivity contribution is 5.99. The number of morpholine rings is 1. The Labute approximate surface area is 395 Å². The van der Waals surface area contributed by atoms with Gasteiger partial charge in [-0.25, -0.2) is 0 Å². The molecule has 2 aliphatic rings. The van der Waals surface area contributed by atoms with E-state index in [0.29, 0.717) is 52.0 Å². The standard InChI is InChI=1S/C52H69N5O10/c1-34(2)26-42(47(60)52(7)33-66-52)54-50(63)44(29-38-16-12-9-13-17-38)56-49(62)43(27-35(3)4)55-48(61)41(20-18-37-14-10-8-11-15-37)53-46(59)31-57(22-24-65-25-23-57)30-39-19-21-45(40(28-39)32-58)67-51(64)36(5)6/h8-17,19,21,28,32,34-36,41-44H,18,20,22-27,29-31,33H2,1-7H3,(H3-,53,54,55,56,59,61,62,63)/p+1/t41-,42?,43-,44-,52+/m0/s1. The minimum absolute atomic E-state index is 0.00322. The number of ketones is 1. The van der Waals surface area contributed by atoms with Crippen LogP contribution >= 0.6 is 0 Å². The van der Waals surface area contributed by atoms with Crippen molar-refractivity contribution in [1.29, 1.82) is 0 Å². The summed E-state index contributed by atoms with van der Waals surface area (Å²) in [5.41, 5.74) is 1.76. The van der Waals surface area contributed by atoms with Crippen molar-refractivity contribution in [1.82, 2.24) is 21.3 Å². The second-order valence-corrected chi connectivity index (χ2v) is 19.4. The zero-order valence-electron chi connectivity index (χ0n) is 40.1. The number of nitrogens with zero attached hydrogens (tertiary/aromatic N) is 1. The van der Waals surface area contributed by atoms with E-state index in [1.807, 2.05) is 88.4 Å². The molecule has 362 valence electrons. The molecular weight excluding hydrogens is 855 g/mol. The molecule has 5 rings (SSSR count). The Hall–Kier alpha value is -5.77. The number of epoxide rings is 1. The Morgan fingerprint density at radius 3 is 1.84 bits per heavy atom. The molecule has 0 bridgehead atoms. The van der Waals surface area contributed by atoms with Crippen LogP contribution in [0.15, 0.2) is 78.9 Å². The van der Waals surface area contributed by atoms with Gasteiger partial charge >= 0.3 is 5.97 Å². The molecule has 3 aromatic carbocycles. The molecular formula is C52H70N5O10+. The number of ether oxygens (including phenoxy) is 3. The summed E-state index contributed by atoms with van der Waals surface area (Å²) < 4.78 is 16.9. The van der Waals surface area contributed by atoms with Gasteiger partial charge in [0.15, 0.2) is 18.6 Å². The number of carbonyl (C=O) groups is 7. The average molecular weight is 925 g/mol. The van der Waals surface area contributed by atoms with Gasteiger partial charge in [0, 0.05) is 12.0 Å². The molecule has 2 aliphatic heterocycles. The SMILES string of the molecule is CC(C)CC(NC(=O)[C@H](Cc1ccccc1)NC(=O)[C@H](CC(C)C)NC(=O)[C@H](CCc1ccccc1)NC(=O)C[N+]1(Cc2ccc(OC(=O)C(C)C)c(C=O)c2)CCOCC1)C(=O)[C@@]1(C)CO1. The first-order chi connectivity index (χ1) is 31.9. The molecule has 0 radical (unpaired) electrons. The normalized spacial score (nSPS) is 18.2. The summed E-state index contributed by atoms with van der Waals surface area (Å²) in [5, 5.41) is 11.8. The Morgan fingerprint density at radius 1 is 0.701 bits per heavy atom. The highest BCUT2D eigenvalue weighted by atomic mass is 16.6. The molecule has 4 N–H and O–H groups in total. The van der Waals surface area contributed by atoms with E-state index in [2.05, 4.69) is 21.3 Å². The third-order valence-electron chi connectivity index (χ3n) is 12.2. The van der Waals surface area contributed by atoms with Crippen molar-refractivity contribution in [2.75, 3.05) is 39.5 Å². The maximum absolute atomic E-state index is 14.5. The lowest BCUT2D eigenvalue weighted by Crippen LogP contribution is -2.61. The summed E-state index contributed by atoms with van der Waals surface area (Å²) >= 11 is 0. The second kappa shape index (κ2) is 24.3. The van der Waals surface area contributed by atoms with Crippen LogP contribution in [0.4, 0.5) is 0 Å². The van der Waals surface area contributed by atoms with Gasteiger partial charge in [-0.15, -0.1) is 0 Å². The van der Waals surface area contributed by atoms with E-state index in [4.69, 9.17) is 14.2 Å². The number of Topliss-reactive ketones (excluding diaryl/α,β-unsaturated/α-hetero) is 1. The number of quaternary nitrogens is 1. The first-order valence-electron chi connectivity index (χ1n) is 23.6. The third kappa shape index (κ3) is 15.9. The summed E-state index contributed by atoms with van der Waals surface area (Å²) in [7, 11) is 0. The predicted molar refractivity (Wildman–Crippen MR) is 253 cm³/mol. The number of nitrogens with one attached hydrogen (secondary N) is 4. The van der Waals surface area contributed by atoms with Crippen molar-refractivity contribution in [3.05, 3.63) is 101 Å². The molecule has 2 heterocycles. The van der Waals surface area contributed by atoms with Crippen LogP contribution < -0.4 is 26.0 Å². The Bertz CT molecular complexity index is 2170. The van der Waals surface area contributed by atoms with Gasteiger partial charge in [0.05, 0.1) is 37.3 Å². The largest absolute Gasteiger partial charge is 0.426 e. The number of aldehydes is 1. The van der Waals surface area contributed by atoms with E-state index >= 15 is 0 Å². The topological polar surface area (TPSA) is 199 Å². The molecule has 15 heteroatoms. The molecule has 4 amide bonds. The zero-order valence-corrected chi connectivity index (χ0v) is 40.1. The van der Waals surface area contributed by atoms with Crippen molar-refractivity contribution in [3.63, 3.8) is 0 Å². The van der Waals surface area contributed by atoms with Gasteiger partial charge < -0.3 is 40.0 Å². The summed E-state index contributed by atoms with van der Waals surface area (Å²) in [4.78, 5) is 95.2. The van der Waals surface area contributed by atoms with Crippen molar-refractivity contribution in [2.24, 2.45) is 17.8 Å². The minimum atomic E-state index is -1.09. The van der Waals surface area contributed by atoms with Crippen LogP contribution in [0, 0.1) is 17.8 Å². The third-order valence-corrected chi connectivity index (χ3v) is 12.2. The van der Waals surface area contributed by atoms with Crippen molar-refractivity contribution in [2.45, 2.75) is 117 Å². The smallest absolute Gasteiger partial charge is 0.313 e.